The summed E-state index contributed by atoms with van der Waals surface area (Å²) in [5.74, 6) is 0.00221. The average molecular weight is 283 g/mol. The van der Waals surface area contributed by atoms with E-state index in [0.29, 0.717) is 12.2 Å². The Morgan fingerprint density at radius 2 is 2.20 bits per heavy atom. The van der Waals surface area contributed by atoms with E-state index in [1.54, 1.807) is 12.5 Å². The van der Waals surface area contributed by atoms with Gasteiger partial charge in [-0.05, 0) is 12.5 Å². The number of allylic oxidation sites excluding steroid dienone is 1. The van der Waals surface area contributed by atoms with Gasteiger partial charge in [0.15, 0.2) is 6.04 Å². The van der Waals surface area contributed by atoms with Crippen LogP contribution in [0.5, 0.6) is 0 Å². The number of hydrogen-bond acceptors (Lipinski definition) is 7. The molecule has 0 amide bonds. The summed E-state index contributed by atoms with van der Waals surface area (Å²) in [6.07, 6.45) is 5.70. The number of carbonyl (C=O) groups excluding carboxylic acids is 2. The molecule has 2 rings (SSSR count). The highest BCUT2D eigenvalue weighted by Gasteiger charge is 2.37. The van der Waals surface area contributed by atoms with Gasteiger partial charge in [-0.25, -0.2) is 9.86 Å². The quantitative estimate of drug-likeness (QED) is 0.688. The van der Waals surface area contributed by atoms with Gasteiger partial charge in [0.25, 0.3) is 0 Å². The first-order valence-electron chi connectivity index (χ1n) is 6.26. The molecule has 0 saturated heterocycles. The van der Waals surface area contributed by atoms with E-state index in [4.69, 9.17) is 14.3 Å². The van der Waals surface area contributed by atoms with Crippen molar-refractivity contribution in [1.29, 1.82) is 0 Å². The molecule has 0 spiro atoms. The smallest absolute Gasteiger partial charge is 0.331 e. The van der Waals surface area contributed by atoms with Crippen molar-refractivity contribution < 1.29 is 28.6 Å². The summed E-state index contributed by atoms with van der Waals surface area (Å²) in [5, 5.41) is 1.38. The normalized spacial score (nSPS) is 23.7. The molecule has 2 aliphatic rings. The maximum atomic E-state index is 11.8. The van der Waals surface area contributed by atoms with Crippen LogP contribution in [0.2, 0.25) is 0 Å². The van der Waals surface area contributed by atoms with Gasteiger partial charge in [-0.2, -0.15) is 0 Å². The molecule has 0 aromatic carbocycles. The van der Waals surface area contributed by atoms with E-state index in [1.165, 1.54) is 19.3 Å². The summed E-state index contributed by atoms with van der Waals surface area (Å²) in [5.41, 5.74) is 0. The van der Waals surface area contributed by atoms with Crippen molar-refractivity contribution in [3.05, 3.63) is 24.3 Å². The molecule has 2 atom stereocenters. The minimum absolute atomic E-state index is 0.0551. The number of ether oxygens (including phenoxy) is 3. The van der Waals surface area contributed by atoms with Crippen molar-refractivity contribution in [2.45, 2.75) is 18.9 Å². The fourth-order valence-electron chi connectivity index (χ4n) is 2.08. The lowest BCUT2D eigenvalue weighted by atomic mass is 9.96. The Balaban J connectivity index is 2.00. The number of fused-ring (bicyclic) bond motifs is 1. The van der Waals surface area contributed by atoms with Crippen LogP contribution < -0.4 is 0 Å². The number of esters is 2. The monoisotopic (exact) mass is 283 g/mol. The number of hydroxylamine groups is 2. The lowest BCUT2D eigenvalue weighted by molar-refractivity contribution is -0.186. The van der Waals surface area contributed by atoms with E-state index in [2.05, 4.69) is 4.74 Å². The fraction of sp³-hybridized carbons (Fsp3) is 0.538. The van der Waals surface area contributed by atoms with Crippen LogP contribution in [0, 0.1) is 5.92 Å². The number of carbonyl (C=O) groups is 2. The van der Waals surface area contributed by atoms with Gasteiger partial charge in [-0.1, -0.05) is 0 Å². The van der Waals surface area contributed by atoms with Crippen LogP contribution in [-0.2, 0) is 28.6 Å². The van der Waals surface area contributed by atoms with Gasteiger partial charge in [-0.3, -0.25) is 9.63 Å². The Hall–Kier alpha value is -2.02. The number of rotatable bonds is 5. The molecule has 0 N–H and O–H groups in total. The molecule has 0 bridgehead atoms. The number of methoxy groups -OCH3 is 2. The Kier molecular flexibility index (Phi) is 4.62. The Labute approximate surface area is 116 Å². The van der Waals surface area contributed by atoms with Gasteiger partial charge in [-0.15, -0.1) is 0 Å². The predicted molar refractivity (Wildman–Crippen MR) is 66.6 cm³/mol. The van der Waals surface area contributed by atoms with Crippen molar-refractivity contribution in [3.8, 4) is 0 Å². The highest BCUT2D eigenvalue weighted by Crippen LogP contribution is 2.33. The zero-order valence-electron chi connectivity index (χ0n) is 11.4. The second-order valence-corrected chi connectivity index (χ2v) is 4.38. The minimum atomic E-state index is -0.558. The third-order valence-electron chi connectivity index (χ3n) is 3.17. The van der Waals surface area contributed by atoms with E-state index >= 15 is 0 Å². The molecule has 110 valence electrons. The molecular weight excluding hydrogens is 266 g/mol. The zero-order valence-corrected chi connectivity index (χ0v) is 11.4. The van der Waals surface area contributed by atoms with Gasteiger partial charge in [0.1, 0.15) is 5.76 Å². The van der Waals surface area contributed by atoms with Crippen molar-refractivity contribution in [1.82, 2.24) is 5.06 Å². The molecule has 7 heteroatoms. The van der Waals surface area contributed by atoms with Crippen LogP contribution in [-0.4, -0.2) is 43.9 Å². The predicted octanol–water partition coefficient (Wildman–Crippen LogP) is 0.730. The maximum Gasteiger partial charge on any atom is 0.331 e. The van der Waals surface area contributed by atoms with Crippen LogP contribution >= 0.6 is 0 Å². The number of hydrogen-bond donors (Lipinski definition) is 0. The largest absolute Gasteiger partial charge is 0.469 e. The summed E-state index contributed by atoms with van der Waals surface area (Å²) in [6, 6.07) is -0.558. The van der Waals surface area contributed by atoms with Gasteiger partial charge >= 0.3 is 11.9 Å². The fourth-order valence-corrected chi connectivity index (χ4v) is 2.08. The van der Waals surface area contributed by atoms with Crippen molar-refractivity contribution in [3.63, 3.8) is 0 Å². The molecule has 0 aromatic rings. The van der Waals surface area contributed by atoms with Gasteiger partial charge in [0.2, 0.25) is 0 Å². The Morgan fingerprint density at radius 1 is 1.40 bits per heavy atom. The summed E-state index contributed by atoms with van der Waals surface area (Å²) < 4.78 is 14.6. The van der Waals surface area contributed by atoms with Crippen LogP contribution in [0.15, 0.2) is 24.3 Å². The number of nitrogens with zero attached hydrogens (tertiary/aromatic N) is 1. The molecule has 0 radical (unpaired) electrons. The van der Waals surface area contributed by atoms with E-state index in [9.17, 15) is 9.59 Å². The summed E-state index contributed by atoms with van der Waals surface area (Å²) in [4.78, 5) is 28.3. The first kappa shape index (κ1) is 14.4. The molecule has 2 unspecified atom stereocenters. The molecule has 0 aromatic heterocycles. The van der Waals surface area contributed by atoms with E-state index < -0.39 is 12.0 Å². The summed E-state index contributed by atoms with van der Waals surface area (Å²) >= 11 is 0. The Bertz CT molecular complexity index is 444. The van der Waals surface area contributed by atoms with E-state index in [0.717, 1.165) is 0 Å². The second kappa shape index (κ2) is 6.42. The highest BCUT2D eigenvalue weighted by atomic mass is 16.7. The molecule has 2 heterocycles. The molecule has 20 heavy (non-hydrogen) atoms. The third kappa shape index (κ3) is 3.11. The zero-order chi connectivity index (χ0) is 14.5. The topological polar surface area (TPSA) is 74.3 Å². The van der Waals surface area contributed by atoms with Crippen LogP contribution in [0.4, 0.5) is 0 Å². The lowest BCUT2D eigenvalue weighted by Gasteiger charge is -2.33. The maximum absolute atomic E-state index is 11.8. The molecule has 0 fully saturated rings. The van der Waals surface area contributed by atoms with E-state index in [-0.39, 0.29) is 24.9 Å². The SMILES string of the molecule is COC(=O)CCON1C=C2OC=CC2CC1C(=O)OC. The van der Waals surface area contributed by atoms with Crippen LogP contribution in [0.3, 0.4) is 0 Å². The first-order chi connectivity index (χ1) is 9.65. The standard InChI is InChI=1S/C13H17NO6/c1-17-12(15)4-6-20-14-8-11-9(3-5-19-11)7-10(14)13(16)18-2/h3,5,8-10H,4,6-7H2,1-2H3. The first-order valence-corrected chi connectivity index (χ1v) is 6.26. The average Bonchev–Trinajstić information content (AvgIpc) is 2.92. The molecule has 0 aliphatic carbocycles. The van der Waals surface area contributed by atoms with Gasteiger partial charge in [0, 0.05) is 5.92 Å². The van der Waals surface area contributed by atoms with E-state index in [1.807, 2.05) is 6.08 Å². The summed E-state index contributed by atoms with van der Waals surface area (Å²) in [7, 11) is 2.64. The molecule has 7 nitrogen and oxygen atoms in total. The lowest BCUT2D eigenvalue weighted by Crippen LogP contribution is -2.43. The van der Waals surface area contributed by atoms with Gasteiger partial charge < -0.3 is 14.2 Å². The highest BCUT2D eigenvalue weighted by molar-refractivity contribution is 5.76. The third-order valence-corrected chi connectivity index (χ3v) is 3.17. The Morgan fingerprint density at radius 3 is 2.90 bits per heavy atom. The van der Waals surface area contributed by atoms with Gasteiger partial charge in [0.05, 0.1) is 39.7 Å². The molecule has 0 saturated carbocycles. The van der Waals surface area contributed by atoms with Crippen LogP contribution in [0.25, 0.3) is 0 Å². The minimum Gasteiger partial charge on any atom is -0.469 e. The van der Waals surface area contributed by atoms with Crippen molar-refractivity contribution in [2.75, 3.05) is 20.8 Å². The van der Waals surface area contributed by atoms with Crippen LogP contribution in [0.1, 0.15) is 12.8 Å². The second-order valence-electron chi connectivity index (χ2n) is 4.38. The molecule has 2 aliphatic heterocycles. The summed E-state index contributed by atoms with van der Waals surface area (Å²) in [6.45, 7) is 0.113. The molecular formula is C13H17NO6. The van der Waals surface area contributed by atoms with Crippen molar-refractivity contribution in [2.24, 2.45) is 5.92 Å². The van der Waals surface area contributed by atoms with Crippen molar-refractivity contribution >= 4 is 11.9 Å².